The molecule has 0 saturated carbocycles. The van der Waals surface area contributed by atoms with Gasteiger partial charge in [-0.3, -0.25) is 9.63 Å². The molecule has 3 N–H and O–H groups in total. The fourth-order valence-corrected chi connectivity index (χ4v) is 0.574. The van der Waals surface area contributed by atoms with Gasteiger partial charge >= 0.3 is 0 Å². The van der Waals surface area contributed by atoms with Crippen LogP contribution in [0.1, 0.15) is 34.6 Å². The zero-order valence-electron chi connectivity index (χ0n) is 9.05. The van der Waals surface area contributed by atoms with Gasteiger partial charge in [-0.25, -0.2) is 5.48 Å². The van der Waals surface area contributed by atoms with Crippen molar-refractivity contribution in [2.45, 2.75) is 46.3 Å². The Morgan fingerprint density at radius 3 is 2.15 bits per heavy atom. The molecule has 0 heterocycles. The van der Waals surface area contributed by atoms with E-state index >= 15 is 0 Å². The molecule has 13 heavy (non-hydrogen) atoms. The summed E-state index contributed by atoms with van der Waals surface area (Å²) in [6.45, 7) is 9.35. The zero-order valence-corrected chi connectivity index (χ0v) is 9.05. The van der Waals surface area contributed by atoms with Crippen LogP contribution in [0.15, 0.2) is 0 Å². The number of nitrogens with two attached hydrogens (primary N) is 1. The SMILES string of the molecule is CC(C)[C@H](N)C(=O)NOC(C)(C)C. The Hall–Kier alpha value is -0.610. The van der Waals surface area contributed by atoms with Crippen LogP contribution in [0.3, 0.4) is 0 Å². The van der Waals surface area contributed by atoms with E-state index in [0.717, 1.165) is 0 Å². The Balaban J connectivity index is 3.89. The van der Waals surface area contributed by atoms with Gasteiger partial charge in [0.05, 0.1) is 11.6 Å². The van der Waals surface area contributed by atoms with Crippen LogP contribution >= 0.6 is 0 Å². The molecule has 0 unspecified atom stereocenters. The Morgan fingerprint density at radius 1 is 1.38 bits per heavy atom. The van der Waals surface area contributed by atoms with Crippen molar-refractivity contribution in [2.24, 2.45) is 11.7 Å². The van der Waals surface area contributed by atoms with E-state index in [2.05, 4.69) is 5.48 Å². The molecule has 78 valence electrons. The molecule has 0 fully saturated rings. The summed E-state index contributed by atoms with van der Waals surface area (Å²) in [4.78, 5) is 16.4. The first-order valence-corrected chi connectivity index (χ1v) is 4.47. The van der Waals surface area contributed by atoms with E-state index in [-0.39, 0.29) is 17.4 Å². The average Bonchev–Trinajstić information content (AvgIpc) is 1.97. The number of amides is 1. The van der Waals surface area contributed by atoms with Crippen molar-refractivity contribution >= 4 is 5.91 Å². The quantitative estimate of drug-likeness (QED) is 0.644. The minimum Gasteiger partial charge on any atom is -0.320 e. The highest BCUT2D eigenvalue weighted by atomic mass is 16.7. The van der Waals surface area contributed by atoms with Gasteiger partial charge in [-0.05, 0) is 26.7 Å². The molecule has 1 atom stereocenters. The summed E-state index contributed by atoms with van der Waals surface area (Å²) in [6, 6.07) is -0.512. The first kappa shape index (κ1) is 12.4. The van der Waals surface area contributed by atoms with E-state index in [1.54, 1.807) is 0 Å². The molecular weight excluding hydrogens is 168 g/mol. The topological polar surface area (TPSA) is 64.4 Å². The molecule has 0 aromatic carbocycles. The second-order valence-corrected chi connectivity index (χ2v) is 4.45. The smallest absolute Gasteiger partial charge is 0.260 e. The van der Waals surface area contributed by atoms with Gasteiger partial charge in [0, 0.05) is 0 Å². The Morgan fingerprint density at radius 2 is 1.85 bits per heavy atom. The van der Waals surface area contributed by atoms with Gasteiger partial charge in [0.2, 0.25) is 0 Å². The van der Waals surface area contributed by atoms with Crippen LogP contribution < -0.4 is 11.2 Å². The van der Waals surface area contributed by atoms with Crippen LogP contribution in [-0.4, -0.2) is 17.6 Å². The second kappa shape index (κ2) is 4.58. The fourth-order valence-electron chi connectivity index (χ4n) is 0.574. The predicted octanol–water partition coefficient (Wildman–Crippen LogP) is 0.816. The average molecular weight is 188 g/mol. The standard InChI is InChI=1S/C9H20N2O2/c1-6(2)7(10)8(12)11-13-9(3,4)5/h6-7H,10H2,1-5H3,(H,11,12)/t7-/m0/s1. The molecule has 1 amide bonds. The lowest BCUT2D eigenvalue weighted by Crippen LogP contribution is -2.46. The van der Waals surface area contributed by atoms with Crippen molar-refractivity contribution in [2.75, 3.05) is 0 Å². The maximum atomic E-state index is 11.3. The van der Waals surface area contributed by atoms with Gasteiger partial charge in [-0.2, -0.15) is 0 Å². The molecule has 0 saturated heterocycles. The summed E-state index contributed by atoms with van der Waals surface area (Å²) in [6.07, 6.45) is 0. The lowest BCUT2D eigenvalue weighted by Gasteiger charge is -2.21. The number of hydrogen-bond acceptors (Lipinski definition) is 3. The molecule has 0 aliphatic rings. The summed E-state index contributed by atoms with van der Waals surface area (Å²) in [7, 11) is 0. The molecule has 0 bridgehead atoms. The summed E-state index contributed by atoms with van der Waals surface area (Å²) < 4.78 is 0. The number of nitrogens with one attached hydrogen (secondary N) is 1. The highest BCUT2D eigenvalue weighted by Crippen LogP contribution is 2.04. The highest BCUT2D eigenvalue weighted by Gasteiger charge is 2.19. The van der Waals surface area contributed by atoms with Gasteiger partial charge in [0.25, 0.3) is 5.91 Å². The van der Waals surface area contributed by atoms with Crippen molar-refractivity contribution < 1.29 is 9.63 Å². The highest BCUT2D eigenvalue weighted by molar-refractivity contribution is 5.80. The number of hydroxylamine groups is 1. The normalized spacial score (nSPS) is 14.4. The van der Waals surface area contributed by atoms with E-state index in [1.807, 2.05) is 34.6 Å². The molecular formula is C9H20N2O2. The first-order chi connectivity index (χ1) is 5.74. The van der Waals surface area contributed by atoms with Crippen LogP contribution in [0.25, 0.3) is 0 Å². The Kier molecular flexibility index (Phi) is 4.36. The van der Waals surface area contributed by atoms with Crippen LogP contribution in [-0.2, 0) is 9.63 Å². The number of carbonyl (C=O) groups excluding carboxylic acids is 1. The lowest BCUT2D eigenvalue weighted by molar-refractivity contribution is -0.147. The molecule has 4 nitrogen and oxygen atoms in total. The first-order valence-electron chi connectivity index (χ1n) is 4.47. The molecule has 0 aliphatic heterocycles. The van der Waals surface area contributed by atoms with Gasteiger partial charge in [0.1, 0.15) is 0 Å². The predicted molar refractivity (Wildman–Crippen MR) is 51.8 cm³/mol. The monoisotopic (exact) mass is 188 g/mol. The third-order valence-corrected chi connectivity index (χ3v) is 1.48. The van der Waals surface area contributed by atoms with Crippen LogP contribution in [0.4, 0.5) is 0 Å². The van der Waals surface area contributed by atoms with E-state index in [9.17, 15) is 4.79 Å². The molecule has 4 heteroatoms. The van der Waals surface area contributed by atoms with E-state index < -0.39 is 6.04 Å². The second-order valence-electron chi connectivity index (χ2n) is 4.45. The van der Waals surface area contributed by atoms with E-state index in [4.69, 9.17) is 10.6 Å². The van der Waals surface area contributed by atoms with Crippen molar-refractivity contribution in [3.63, 3.8) is 0 Å². The third-order valence-electron chi connectivity index (χ3n) is 1.48. The summed E-state index contributed by atoms with van der Waals surface area (Å²) in [5.41, 5.74) is 7.55. The molecule has 0 spiro atoms. The summed E-state index contributed by atoms with van der Waals surface area (Å²) in [5.74, 6) is -0.159. The lowest BCUT2D eigenvalue weighted by atomic mass is 10.1. The molecule has 0 aromatic rings. The summed E-state index contributed by atoms with van der Waals surface area (Å²) >= 11 is 0. The minimum absolute atomic E-state index is 0.114. The zero-order chi connectivity index (χ0) is 10.6. The maximum absolute atomic E-state index is 11.3. The van der Waals surface area contributed by atoms with Crippen molar-refractivity contribution in [3.8, 4) is 0 Å². The molecule has 0 aromatic heterocycles. The van der Waals surface area contributed by atoms with Crippen LogP contribution in [0.5, 0.6) is 0 Å². The Labute approximate surface area is 79.8 Å². The number of rotatable bonds is 3. The van der Waals surface area contributed by atoms with Gasteiger partial charge < -0.3 is 5.73 Å². The van der Waals surface area contributed by atoms with Crippen LogP contribution in [0.2, 0.25) is 0 Å². The van der Waals surface area contributed by atoms with Crippen molar-refractivity contribution in [3.05, 3.63) is 0 Å². The largest absolute Gasteiger partial charge is 0.320 e. The van der Waals surface area contributed by atoms with Crippen LogP contribution in [0, 0.1) is 5.92 Å². The maximum Gasteiger partial charge on any atom is 0.260 e. The van der Waals surface area contributed by atoms with Crippen molar-refractivity contribution in [1.29, 1.82) is 0 Å². The minimum atomic E-state index is -0.512. The Bertz CT molecular complexity index is 173. The summed E-state index contributed by atoms with van der Waals surface area (Å²) in [5, 5.41) is 0. The van der Waals surface area contributed by atoms with Crippen molar-refractivity contribution in [1.82, 2.24) is 5.48 Å². The van der Waals surface area contributed by atoms with Gasteiger partial charge in [0.15, 0.2) is 0 Å². The molecule has 0 rings (SSSR count). The van der Waals surface area contributed by atoms with E-state index in [1.165, 1.54) is 0 Å². The fraction of sp³-hybridized carbons (Fsp3) is 0.889. The van der Waals surface area contributed by atoms with Gasteiger partial charge in [-0.15, -0.1) is 0 Å². The molecule has 0 radical (unpaired) electrons. The number of carbonyl (C=O) groups is 1. The third kappa shape index (κ3) is 5.60. The van der Waals surface area contributed by atoms with E-state index in [0.29, 0.717) is 0 Å². The molecule has 0 aliphatic carbocycles. The number of hydrogen-bond donors (Lipinski definition) is 2. The van der Waals surface area contributed by atoms with Gasteiger partial charge in [-0.1, -0.05) is 13.8 Å².